The largest absolute Gasteiger partial charge is 0.342 e. The molecule has 0 spiro atoms. The number of hydrogen-bond donors (Lipinski definition) is 0. The van der Waals surface area contributed by atoms with Crippen LogP contribution in [0, 0.1) is 0 Å². The van der Waals surface area contributed by atoms with Crippen molar-refractivity contribution in [3.05, 3.63) is 64.4 Å². The Kier molecular flexibility index (Phi) is 5.74. The van der Waals surface area contributed by atoms with E-state index in [4.69, 9.17) is 16.6 Å². The van der Waals surface area contributed by atoms with Gasteiger partial charge in [-0.3, -0.25) is 14.7 Å². The summed E-state index contributed by atoms with van der Waals surface area (Å²) in [6.07, 6.45) is 5.28. The van der Waals surface area contributed by atoms with Gasteiger partial charge in [0.25, 0.3) is 0 Å². The highest BCUT2D eigenvalue weighted by Gasteiger charge is 2.30. The monoisotopic (exact) mass is 383 g/mol. The van der Waals surface area contributed by atoms with Crippen LogP contribution in [-0.2, 0) is 11.2 Å². The molecule has 2 saturated heterocycles. The second kappa shape index (κ2) is 8.41. The molecule has 0 N–H and O–H groups in total. The Morgan fingerprint density at radius 3 is 2.59 bits per heavy atom. The molecule has 0 aliphatic carbocycles. The van der Waals surface area contributed by atoms with Gasteiger partial charge in [-0.05, 0) is 62.1 Å². The standard InChI is InChI=1S/C22H26ClN3O/c23-18-10-8-17(9-11-18)15-19-5-3-6-20(24-19)21-7-4-14-26(21)16-22(27)25-12-1-2-13-25/h3,5-6,8-11,21H,1-2,4,7,12-16H2/t21-/m1/s1. The van der Waals surface area contributed by atoms with Crippen LogP contribution in [0.15, 0.2) is 42.5 Å². The van der Waals surface area contributed by atoms with Gasteiger partial charge in [0, 0.05) is 30.2 Å². The SMILES string of the molecule is O=C(CN1CCC[C@@H]1c1cccc(Cc2ccc(Cl)cc2)n1)N1CCCC1. The summed E-state index contributed by atoms with van der Waals surface area (Å²) < 4.78 is 0. The quantitative estimate of drug-likeness (QED) is 0.780. The second-order valence-corrected chi connectivity index (χ2v) is 8.01. The first kappa shape index (κ1) is 18.5. The molecular formula is C22H26ClN3O. The van der Waals surface area contributed by atoms with Crippen LogP contribution in [0.1, 0.15) is 48.7 Å². The number of benzene rings is 1. The predicted molar refractivity (Wildman–Crippen MR) is 108 cm³/mol. The van der Waals surface area contributed by atoms with E-state index in [9.17, 15) is 4.79 Å². The van der Waals surface area contributed by atoms with Crippen LogP contribution >= 0.6 is 11.6 Å². The second-order valence-electron chi connectivity index (χ2n) is 7.57. The van der Waals surface area contributed by atoms with Crippen molar-refractivity contribution in [1.82, 2.24) is 14.8 Å². The third-order valence-corrected chi connectivity index (χ3v) is 5.88. The maximum Gasteiger partial charge on any atom is 0.236 e. The lowest BCUT2D eigenvalue weighted by Gasteiger charge is -2.26. The zero-order valence-electron chi connectivity index (χ0n) is 15.6. The number of rotatable bonds is 5. The van der Waals surface area contributed by atoms with Gasteiger partial charge in [0.1, 0.15) is 0 Å². The summed E-state index contributed by atoms with van der Waals surface area (Å²) in [6.45, 7) is 3.35. The fraction of sp³-hybridized carbons (Fsp3) is 0.455. The van der Waals surface area contributed by atoms with Gasteiger partial charge in [-0.1, -0.05) is 29.8 Å². The fourth-order valence-corrected chi connectivity index (χ4v) is 4.31. The van der Waals surface area contributed by atoms with E-state index < -0.39 is 0 Å². The van der Waals surface area contributed by atoms with E-state index in [1.807, 2.05) is 29.2 Å². The summed E-state index contributed by atoms with van der Waals surface area (Å²) >= 11 is 5.98. The van der Waals surface area contributed by atoms with Crippen molar-refractivity contribution >= 4 is 17.5 Å². The Labute approximate surface area is 166 Å². The van der Waals surface area contributed by atoms with Crippen LogP contribution in [0.25, 0.3) is 0 Å². The van der Waals surface area contributed by atoms with E-state index >= 15 is 0 Å². The van der Waals surface area contributed by atoms with Crippen molar-refractivity contribution in [2.45, 2.75) is 38.1 Å². The van der Waals surface area contributed by atoms with E-state index in [0.29, 0.717) is 6.54 Å². The molecule has 1 aromatic heterocycles. The third kappa shape index (κ3) is 4.50. The number of carbonyl (C=O) groups excluding carboxylic acids is 1. The smallest absolute Gasteiger partial charge is 0.236 e. The molecule has 4 nitrogen and oxygen atoms in total. The minimum atomic E-state index is 0.252. The van der Waals surface area contributed by atoms with E-state index in [1.54, 1.807) is 0 Å². The van der Waals surface area contributed by atoms with Crippen LogP contribution in [0.3, 0.4) is 0 Å². The number of likely N-dealkylation sites (tertiary alicyclic amines) is 2. The fourth-order valence-electron chi connectivity index (χ4n) is 4.18. The van der Waals surface area contributed by atoms with Gasteiger partial charge in [-0.15, -0.1) is 0 Å². The average Bonchev–Trinajstić information content (AvgIpc) is 3.36. The van der Waals surface area contributed by atoms with Gasteiger partial charge < -0.3 is 4.90 Å². The van der Waals surface area contributed by atoms with Crippen molar-refractivity contribution in [3.63, 3.8) is 0 Å². The van der Waals surface area contributed by atoms with E-state index in [2.05, 4.69) is 23.1 Å². The first-order chi connectivity index (χ1) is 13.2. The summed E-state index contributed by atoms with van der Waals surface area (Å²) in [4.78, 5) is 21.8. The lowest BCUT2D eigenvalue weighted by Crippen LogP contribution is -2.38. The number of halogens is 1. The molecule has 3 heterocycles. The Hall–Kier alpha value is -1.91. The topological polar surface area (TPSA) is 36.4 Å². The van der Waals surface area contributed by atoms with Crippen LogP contribution in [-0.4, -0.2) is 46.9 Å². The average molecular weight is 384 g/mol. The van der Waals surface area contributed by atoms with Gasteiger partial charge in [-0.25, -0.2) is 0 Å². The summed E-state index contributed by atoms with van der Waals surface area (Å²) in [5.74, 6) is 0.275. The highest BCUT2D eigenvalue weighted by molar-refractivity contribution is 6.30. The molecular weight excluding hydrogens is 358 g/mol. The van der Waals surface area contributed by atoms with Crippen LogP contribution in [0.2, 0.25) is 5.02 Å². The minimum Gasteiger partial charge on any atom is -0.342 e. The van der Waals surface area contributed by atoms with Crippen LogP contribution in [0.5, 0.6) is 0 Å². The molecule has 1 amide bonds. The van der Waals surface area contributed by atoms with Crippen molar-refractivity contribution in [2.24, 2.45) is 0 Å². The number of nitrogens with zero attached hydrogens (tertiary/aromatic N) is 3. The number of amides is 1. The third-order valence-electron chi connectivity index (χ3n) is 5.63. The molecule has 1 atom stereocenters. The van der Waals surface area contributed by atoms with Gasteiger partial charge in [0.15, 0.2) is 0 Å². The Morgan fingerprint density at radius 1 is 1.04 bits per heavy atom. The molecule has 4 rings (SSSR count). The molecule has 0 bridgehead atoms. The Morgan fingerprint density at radius 2 is 1.81 bits per heavy atom. The van der Waals surface area contributed by atoms with E-state index in [0.717, 1.165) is 68.1 Å². The first-order valence-corrected chi connectivity index (χ1v) is 10.3. The highest BCUT2D eigenvalue weighted by atomic mass is 35.5. The van der Waals surface area contributed by atoms with Crippen molar-refractivity contribution < 1.29 is 4.79 Å². The van der Waals surface area contributed by atoms with Crippen LogP contribution < -0.4 is 0 Å². The van der Waals surface area contributed by atoms with E-state index in [1.165, 1.54) is 5.56 Å². The normalized spacial score (nSPS) is 20.3. The molecule has 5 heteroatoms. The summed E-state index contributed by atoms with van der Waals surface area (Å²) in [6, 6.07) is 14.5. The van der Waals surface area contributed by atoms with Gasteiger partial charge >= 0.3 is 0 Å². The lowest BCUT2D eigenvalue weighted by atomic mass is 10.1. The predicted octanol–water partition coefficient (Wildman–Crippen LogP) is 4.09. The molecule has 1 aromatic carbocycles. The highest BCUT2D eigenvalue weighted by Crippen LogP contribution is 2.31. The molecule has 0 unspecified atom stereocenters. The number of hydrogen-bond acceptors (Lipinski definition) is 3. The minimum absolute atomic E-state index is 0.252. The molecule has 142 valence electrons. The van der Waals surface area contributed by atoms with Crippen molar-refractivity contribution in [3.8, 4) is 0 Å². The molecule has 2 aromatic rings. The van der Waals surface area contributed by atoms with Crippen molar-refractivity contribution in [1.29, 1.82) is 0 Å². The van der Waals surface area contributed by atoms with Gasteiger partial charge in [0.2, 0.25) is 5.91 Å². The molecule has 2 aliphatic rings. The van der Waals surface area contributed by atoms with Crippen LogP contribution in [0.4, 0.5) is 0 Å². The number of aromatic nitrogens is 1. The summed E-state index contributed by atoms with van der Waals surface area (Å²) in [7, 11) is 0. The maximum atomic E-state index is 12.6. The maximum absolute atomic E-state index is 12.6. The molecule has 2 fully saturated rings. The van der Waals surface area contributed by atoms with E-state index in [-0.39, 0.29) is 11.9 Å². The molecule has 0 saturated carbocycles. The Bertz CT molecular complexity index is 786. The number of pyridine rings is 1. The lowest BCUT2D eigenvalue weighted by molar-refractivity contribution is -0.131. The molecule has 2 aliphatic heterocycles. The zero-order valence-corrected chi connectivity index (χ0v) is 16.4. The summed E-state index contributed by atoms with van der Waals surface area (Å²) in [5.41, 5.74) is 3.36. The Balaban J connectivity index is 1.45. The number of carbonyl (C=O) groups is 1. The van der Waals surface area contributed by atoms with Crippen molar-refractivity contribution in [2.75, 3.05) is 26.2 Å². The zero-order chi connectivity index (χ0) is 18.6. The molecule has 27 heavy (non-hydrogen) atoms. The summed E-state index contributed by atoms with van der Waals surface area (Å²) in [5, 5.41) is 0.754. The first-order valence-electron chi connectivity index (χ1n) is 9.91. The van der Waals surface area contributed by atoms with Gasteiger partial charge in [0.05, 0.1) is 18.3 Å². The molecule has 0 radical (unpaired) electrons. The van der Waals surface area contributed by atoms with Gasteiger partial charge in [-0.2, -0.15) is 0 Å².